The molecule has 1 aliphatic rings. The topological polar surface area (TPSA) is 35.2 Å². The van der Waals surface area contributed by atoms with Crippen LogP contribution in [-0.4, -0.2) is 6.61 Å². The van der Waals surface area contributed by atoms with Gasteiger partial charge in [-0.25, -0.2) is 0 Å². The van der Waals surface area contributed by atoms with Gasteiger partial charge in [0.05, 0.1) is 23.9 Å². The molecule has 2 N–H and O–H groups in total. The van der Waals surface area contributed by atoms with Crippen LogP contribution in [0, 0.1) is 6.92 Å². The van der Waals surface area contributed by atoms with Crippen LogP contribution in [0.25, 0.3) is 0 Å². The molecule has 0 amide bonds. The van der Waals surface area contributed by atoms with Gasteiger partial charge in [0.15, 0.2) is 0 Å². The van der Waals surface area contributed by atoms with Gasteiger partial charge in [-0.3, -0.25) is 0 Å². The molecule has 1 aromatic heterocycles. The number of rotatable bonds is 2. The molecule has 0 bridgehead atoms. The smallest absolute Gasteiger partial charge is 0.0876 e. The second kappa shape index (κ2) is 4.56. The van der Waals surface area contributed by atoms with Crippen molar-refractivity contribution < 1.29 is 4.74 Å². The maximum Gasteiger partial charge on any atom is 0.0876 e. The standard InChI is InChI=1S/C11H14ClNOS/c1-7-6-15-11(9(7)12)10(13)8-3-2-4-14-5-8/h5-6,10H,2-4,13H2,1H3. The summed E-state index contributed by atoms with van der Waals surface area (Å²) in [5.41, 5.74) is 8.41. The van der Waals surface area contributed by atoms with E-state index in [0.29, 0.717) is 0 Å². The second-order valence-corrected chi connectivity index (χ2v) is 5.03. The first-order valence-corrected chi connectivity index (χ1v) is 6.25. The SMILES string of the molecule is Cc1csc(C(N)C2=COCCC2)c1Cl. The minimum atomic E-state index is -0.100. The lowest BCUT2D eigenvalue weighted by Gasteiger charge is -2.19. The third-order valence-corrected chi connectivity index (χ3v) is 4.37. The van der Waals surface area contributed by atoms with Crippen LogP contribution < -0.4 is 5.73 Å². The van der Waals surface area contributed by atoms with Gasteiger partial charge in [-0.15, -0.1) is 11.3 Å². The highest BCUT2D eigenvalue weighted by Crippen LogP contribution is 2.36. The molecule has 2 rings (SSSR count). The predicted molar refractivity (Wildman–Crippen MR) is 64.3 cm³/mol. The summed E-state index contributed by atoms with van der Waals surface area (Å²) in [6.07, 6.45) is 3.84. The van der Waals surface area contributed by atoms with Crippen molar-refractivity contribution in [3.8, 4) is 0 Å². The first-order valence-electron chi connectivity index (χ1n) is 4.99. The van der Waals surface area contributed by atoms with E-state index >= 15 is 0 Å². The summed E-state index contributed by atoms with van der Waals surface area (Å²) in [4.78, 5) is 1.05. The number of thiophene rings is 1. The molecule has 15 heavy (non-hydrogen) atoms. The van der Waals surface area contributed by atoms with Crippen LogP contribution in [-0.2, 0) is 4.74 Å². The number of hydrogen-bond donors (Lipinski definition) is 1. The Labute approximate surface area is 98.7 Å². The van der Waals surface area contributed by atoms with Crippen molar-refractivity contribution in [1.82, 2.24) is 0 Å². The Morgan fingerprint density at radius 1 is 1.60 bits per heavy atom. The Morgan fingerprint density at radius 2 is 2.40 bits per heavy atom. The summed E-state index contributed by atoms with van der Waals surface area (Å²) in [5, 5.41) is 2.85. The number of aryl methyl sites for hydroxylation is 1. The maximum atomic E-state index is 6.19. The molecule has 0 aliphatic carbocycles. The summed E-state index contributed by atoms with van der Waals surface area (Å²) in [6.45, 7) is 2.80. The Bertz CT molecular complexity index is 386. The molecule has 0 saturated heterocycles. The van der Waals surface area contributed by atoms with E-state index in [1.54, 1.807) is 17.6 Å². The summed E-state index contributed by atoms with van der Waals surface area (Å²) in [7, 11) is 0. The number of nitrogens with two attached hydrogens (primary N) is 1. The highest BCUT2D eigenvalue weighted by atomic mass is 35.5. The number of halogens is 1. The van der Waals surface area contributed by atoms with Gasteiger partial charge in [0, 0.05) is 4.88 Å². The molecule has 0 radical (unpaired) electrons. The van der Waals surface area contributed by atoms with Gasteiger partial charge in [-0.2, -0.15) is 0 Å². The molecule has 1 atom stereocenters. The monoisotopic (exact) mass is 243 g/mol. The summed E-state index contributed by atoms with van der Waals surface area (Å²) < 4.78 is 5.29. The Morgan fingerprint density at radius 3 is 2.93 bits per heavy atom. The van der Waals surface area contributed by atoms with Crippen molar-refractivity contribution in [3.63, 3.8) is 0 Å². The fourth-order valence-electron chi connectivity index (χ4n) is 1.64. The van der Waals surface area contributed by atoms with Gasteiger partial charge >= 0.3 is 0 Å². The van der Waals surface area contributed by atoms with Gasteiger partial charge in [0.1, 0.15) is 0 Å². The molecule has 82 valence electrons. The predicted octanol–water partition coefficient (Wildman–Crippen LogP) is 3.40. The lowest BCUT2D eigenvalue weighted by atomic mass is 10.0. The molecule has 0 saturated carbocycles. The second-order valence-electron chi connectivity index (χ2n) is 3.74. The van der Waals surface area contributed by atoms with E-state index in [2.05, 4.69) is 0 Å². The van der Waals surface area contributed by atoms with Gasteiger partial charge < -0.3 is 10.5 Å². The Balaban J connectivity index is 2.23. The largest absolute Gasteiger partial charge is 0.501 e. The number of hydrogen-bond acceptors (Lipinski definition) is 3. The quantitative estimate of drug-likeness (QED) is 0.864. The van der Waals surface area contributed by atoms with E-state index in [1.807, 2.05) is 12.3 Å². The highest BCUT2D eigenvalue weighted by Gasteiger charge is 2.19. The van der Waals surface area contributed by atoms with E-state index < -0.39 is 0 Å². The van der Waals surface area contributed by atoms with E-state index in [1.165, 1.54) is 0 Å². The molecule has 0 spiro atoms. The minimum absolute atomic E-state index is 0.100. The highest BCUT2D eigenvalue weighted by molar-refractivity contribution is 7.10. The van der Waals surface area contributed by atoms with Crippen molar-refractivity contribution in [2.45, 2.75) is 25.8 Å². The van der Waals surface area contributed by atoms with Gasteiger partial charge in [0.2, 0.25) is 0 Å². The van der Waals surface area contributed by atoms with Crippen molar-refractivity contribution in [2.75, 3.05) is 6.61 Å². The molecule has 2 heterocycles. The van der Waals surface area contributed by atoms with Crippen molar-refractivity contribution in [1.29, 1.82) is 0 Å². The fourth-order valence-corrected chi connectivity index (χ4v) is 3.00. The first-order chi connectivity index (χ1) is 7.20. The van der Waals surface area contributed by atoms with Crippen LogP contribution in [0.15, 0.2) is 17.2 Å². The van der Waals surface area contributed by atoms with Crippen LogP contribution >= 0.6 is 22.9 Å². The average Bonchev–Trinajstić information content (AvgIpc) is 2.60. The van der Waals surface area contributed by atoms with Gasteiger partial charge in [-0.1, -0.05) is 11.6 Å². The molecular weight excluding hydrogens is 230 g/mol. The van der Waals surface area contributed by atoms with E-state index in [-0.39, 0.29) is 6.04 Å². The van der Waals surface area contributed by atoms with Crippen molar-refractivity contribution in [3.05, 3.63) is 32.7 Å². The molecule has 0 aromatic carbocycles. The molecule has 4 heteroatoms. The van der Waals surface area contributed by atoms with Gasteiger partial charge in [-0.05, 0) is 36.3 Å². The zero-order valence-electron chi connectivity index (χ0n) is 8.63. The normalized spacial score (nSPS) is 18.2. The van der Waals surface area contributed by atoms with Crippen molar-refractivity contribution >= 4 is 22.9 Å². The first kappa shape index (κ1) is 11.0. The molecular formula is C11H14ClNOS. The zero-order valence-corrected chi connectivity index (χ0v) is 10.2. The lowest BCUT2D eigenvalue weighted by Crippen LogP contribution is -2.15. The third kappa shape index (κ3) is 2.19. The average molecular weight is 244 g/mol. The summed E-state index contributed by atoms with van der Waals surface area (Å²) >= 11 is 7.81. The van der Waals surface area contributed by atoms with Crippen LogP contribution in [0.3, 0.4) is 0 Å². The van der Waals surface area contributed by atoms with E-state index in [4.69, 9.17) is 22.1 Å². The molecule has 1 aliphatic heterocycles. The van der Waals surface area contributed by atoms with Crippen LogP contribution in [0.2, 0.25) is 5.02 Å². The Hall–Kier alpha value is -0.510. The Kier molecular flexibility index (Phi) is 3.34. The minimum Gasteiger partial charge on any atom is -0.501 e. The fraction of sp³-hybridized carbons (Fsp3) is 0.455. The van der Waals surface area contributed by atoms with E-state index in [0.717, 1.165) is 40.5 Å². The summed E-state index contributed by atoms with van der Waals surface area (Å²) in [6, 6.07) is -0.100. The maximum absolute atomic E-state index is 6.19. The molecule has 2 nitrogen and oxygen atoms in total. The van der Waals surface area contributed by atoms with Crippen LogP contribution in [0.1, 0.15) is 29.3 Å². The number of ether oxygens (including phenoxy) is 1. The summed E-state index contributed by atoms with van der Waals surface area (Å²) in [5.74, 6) is 0. The van der Waals surface area contributed by atoms with Crippen LogP contribution in [0.5, 0.6) is 0 Å². The van der Waals surface area contributed by atoms with Crippen LogP contribution in [0.4, 0.5) is 0 Å². The van der Waals surface area contributed by atoms with Crippen molar-refractivity contribution in [2.24, 2.45) is 5.73 Å². The molecule has 1 aromatic rings. The van der Waals surface area contributed by atoms with E-state index in [9.17, 15) is 0 Å². The molecule has 1 unspecified atom stereocenters. The third-order valence-electron chi connectivity index (χ3n) is 2.57. The molecule has 0 fully saturated rings. The lowest BCUT2D eigenvalue weighted by molar-refractivity contribution is 0.221. The zero-order chi connectivity index (χ0) is 10.8. The van der Waals surface area contributed by atoms with Gasteiger partial charge in [0.25, 0.3) is 0 Å².